The topological polar surface area (TPSA) is 25.8 Å². The van der Waals surface area contributed by atoms with Gasteiger partial charge in [0.15, 0.2) is 5.82 Å². The van der Waals surface area contributed by atoms with E-state index in [4.69, 9.17) is 9.97 Å². The summed E-state index contributed by atoms with van der Waals surface area (Å²) in [6, 6.07) is 79.9. The average molecular weight is 773 g/mol. The third-order valence-corrected chi connectivity index (χ3v) is 13.3. The molecule has 13 rings (SSSR count). The van der Waals surface area contributed by atoms with E-state index in [1.54, 1.807) is 0 Å². The summed E-state index contributed by atoms with van der Waals surface area (Å²) in [5.41, 5.74) is 17.5. The van der Waals surface area contributed by atoms with Crippen LogP contribution in [0.4, 0.5) is 0 Å². The summed E-state index contributed by atoms with van der Waals surface area (Å²) >= 11 is 0. The predicted octanol–water partition coefficient (Wildman–Crippen LogP) is 14.9. The van der Waals surface area contributed by atoms with Crippen molar-refractivity contribution in [2.75, 3.05) is 0 Å². The van der Waals surface area contributed by atoms with Crippen molar-refractivity contribution >= 4 is 32.3 Å². The largest absolute Gasteiger partial charge is 0.228 e. The molecule has 1 aromatic heterocycles. The predicted molar refractivity (Wildman–Crippen MR) is 253 cm³/mol. The Morgan fingerprint density at radius 1 is 0.279 bits per heavy atom. The first-order chi connectivity index (χ1) is 30.2. The molecule has 282 valence electrons. The molecule has 0 amide bonds. The number of fused-ring (bicyclic) bond motifs is 14. The van der Waals surface area contributed by atoms with E-state index in [0.717, 1.165) is 28.1 Å². The van der Waals surface area contributed by atoms with E-state index in [-0.39, 0.29) is 0 Å². The zero-order valence-corrected chi connectivity index (χ0v) is 33.2. The molecule has 0 aliphatic heterocycles. The maximum atomic E-state index is 5.19. The summed E-state index contributed by atoms with van der Waals surface area (Å²) < 4.78 is 0. The van der Waals surface area contributed by atoms with Crippen LogP contribution in [0.5, 0.6) is 0 Å². The molecule has 11 aromatic rings. The second-order valence-corrected chi connectivity index (χ2v) is 16.4. The van der Waals surface area contributed by atoms with E-state index in [9.17, 15) is 0 Å². The molecule has 0 N–H and O–H groups in total. The number of aromatic nitrogens is 2. The third-order valence-electron chi connectivity index (χ3n) is 13.3. The fraction of sp³-hybridized carbons (Fsp3) is 0.0169. The first kappa shape index (κ1) is 34.0. The molecule has 2 nitrogen and oxygen atoms in total. The van der Waals surface area contributed by atoms with Gasteiger partial charge in [-0.25, -0.2) is 9.97 Å². The summed E-state index contributed by atoms with van der Waals surface area (Å²) in [7, 11) is 0. The second kappa shape index (κ2) is 13.0. The van der Waals surface area contributed by atoms with E-state index < -0.39 is 5.41 Å². The van der Waals surface area contributed by atoms with Crippen molar-refractivity contribution in [3.8, 4) is 67.3 Å². The average Bonchev–Trinajstić information content (AvgIpc) is 3.80. The van der Waals surface area contributed by atoms with E-state index in [2.05, 4.69) is 200 Å². The van der Waals surface area contributed by atoms with Crippen LogP contribution in [-0.2, 0) is 5.41 Å². The van der Waals surface area contributed by atoms with Crippen molar-refractivity contribution in [2.45, 2.75) is 5.41 Å². The van der Waals surface area contributed by atoms with Gasteiger partial charge in [0.05, 0.1) is 16.8 Å². The molecule has 0 fully saturated rings. The van der Waals surface area contributed by atoms with E-state index in [0.29, 0.717) is 5.82 Å². The highest BCUT2D eigenvalue weighted by Gasteiger charge is 2.52. The molecule has 1 heterocycles. The Balaban J connectivity index is 1.02. The van der Waals surface area contributed by atoms with E-state index in [1.165, 1.54) is 88.0 Å². The molecule has 0 atom stereocenters. The van der Waals surface area contributed by atoms with Crippen LogP contribution in [0.1, 0.15) is 22.3 Å². The molecule has 2 aliphatic carbocycles. The lowest BCUT2D eigenvalue weighted by Gasteiger charge is -2.31. The lowest BCUT2D eigenvalue weighted by atomic mass is 9.69. The van der Waals surface area contributed by atoms with Crippen LogP contribution in [0.25, 0.3) is 99.6 Å². The fourth-order valence-corrected chi connectivity index (χ4v) is 10.5. The Labute approximate surface area is 354 Å². The number of hydrogen-bond donors (Lipinski definition) is 0. The van der Waals surface area contributed by atoms with Crippen LogP contribution in [0.3, 0.4) is 0 Å². The smallest absolute Gasteiger partial charge is 0.160 e. The summed E-state index contributed by atoms with van der Waals surface area (Å²) in [4.78, 5) is 10.3. The summed E-state index contributed by atoms with van der Waals surface area (Å²) in [6.45, 7) is 0. The molecular weight excluding hydrogens is 737 g/mol. The van der Waals surface area contributed by atoms with Crippen LogP contribution in [-0.4, -0.2) is 9.97 Å². The quantitative estimate of drug-likeness (QED) is 0.178. The highest BCUT2D eigenvalue weighted by molar-refractivity contribution is 6.12. The minimum Gasteiger partial charge on any atom is -0.228 e. The normalized spacial score (nSPS) is 13.0. The molecule has 10 aromatic carbocycles. The van der Waals surface area contributed by atoms with Crippen LogP contribution >= 0.6 is 0 Å². The van der Waals surface area contributed by atoms with Gasteiger partial charge in [-0.2, -0.15) is 0 Å². The highest BCUT2D eigenvalue weighted by atomic mass is 14.9. The zero-order valence-electron chi connectivity index (χ0n) is 33.2. The summed E-state index contributed by atoms with van der Waals surface area (Å²) in [5, 5.41) is 7.45. The molecule has 0 unspecified atom stereocenters. The van der Waals surface area contributed by atoms with Gasteiger partial charge < -0.3 is 0 Å². The number of hydrogen-bond acceptors (Lipinski definition) is 2. The summed E-state index contributed by atoms with van der Waals surface area (Å²) in [6.07, 6.45) is 0. The molecule has 1 spiro atoms. The Morgan fingerprint density at radius 2 is 0.820 bits per heavy atom. The second-order valence-electron chi connectivity index (χ2n) is 16.4. The van der Waals surface area contributed by atoms with Crippen LogP contribution in [0.15, 0.2) is 218 Å². The lowest BCUT2D eigenvalue weighted by Crippen LogP contribution is -2.26. The van der Waals surface area contributed by atoms with Gasteiger partial charge in [-0.05, 0) is 118 Å². The minimum atomic E-state index is -0.464. The molecule has 61 heavy (non-hydrogen) atoms. The van der Waals surface area contributed by atoms with Gasteiger partial charge in [-0.15, -0.1) is 0 Å². The molecular formula is C59H36N2. The molecule has 0 radical (unpaired) electrons. The van der Waals surface area contributed by atoms with Gasteiger partial charge in [-0.3, -0.25) is 0 Å². The Hall–Kier alpha value is -7.94. The van der Waals surface area contributed by atoms with Crippen molar-refractivity contribution in [3.63, 3.8) is 0 Å². The molecule has 0 saturated heterocycles. The number of benzene rings is 10. The number of rotatable bonds is 4. The van der Waals surface area contributed by atoms with Crippen molar-refractivity contribution < 1.29 is 0 Å². The van der Waals surface area contributed by atoms with Gasteiger partial charge in [-0.1, -0.05) is 188 Å². The fourth-order valence-electron chi connectivity index (χ4n) is 10.5. The summed E-state index contributed by atoms with van der Waals surface area (Å²) in [5.74, 6) is 0.713. The lowest BCUT2D eigenvalue weighted by molar-refractivity contribution is 0.796. The van der Waals surface area contributed by atoms with Crippen LogP contribution in [0, 0.1) is 0 Å². The SMILES string of the molecule is c1ccc(-c2nc(-c3ccc(-c4cc5c(c6ccccc46)-c4cc6ccccc6cc4C54c5ccccc5-c5ccccc54)cc3)cc(-c3ccc4ccccc4c3)n2)cc1. The van der Waals surface area contributed by atoms with E-state index >= 15 is 0 Å². The Morgan fingerprint density at radius 3 is 1.54 bits per heavy atom. The van der Waals surface area contributed by atoms with E-state index in [1.807, 2.05) is 18.2 Å². The van der Waals surface area contributed by atoms with Gasteiger partial charge in [0.1, 0.15) is 0 Å². The van der Waals surface area contributed by atoms with Crippen molar-refractivity contribution in [1.82, 2.24) is 9.97 Å². The molecule has 2 aliphatic rings. The Kier molecular flexibility index (Phi) is 7.26. The van der Waals surface area contributed by atoms with Crippen LogP contribution in [0.2, 0.25) is 0 Å². The van der Waals surface area contributed by atoms with Crippen molar-refractivity contribution in [3.05, 3.63) is 241 Å². The monoisotopic (exact) mass is 772 g/mol. The molecule has 0 bridgehead atoms. The molecule has 0 saturated carbocycles. The highest BCUT2D eigenvalue weighted by Crippen LogP contribution is 2.64. The number of nitrogens with zero attached hydrogens (tertiary/aromatic N) is 2. The first-order valence-electron chi connectivity index (χ1n) is 21.1. The zero-order chi connectivity index (χ0) is 40.1. The van der Waals surface area contributed by atoms with Crippen molar-refractivity contribution in [2.24, 2.45) is 0 Å². The van der Waals surface area contributed by atoms with Crippen molar-refractivity contribution in [1.29, 1.82) is 0 Å². The minimum absolute atomic E-state index is 0.464. The maximum Gasteiger partial charge on any atom is 0.160 e. The van der Waals surface area contributed by atoms with Gasteiger partial charge >= 0.3 is 0 Å². The molecule has 2 heteroatoms. The third kappa shape index (κ3) is 4.97. The Bertz CT molecular complexity index is 3540. The van der Waals surface area contributed by atoms with Crippen LogP contribution < -0.4 is 0 Å². The first-order valence-corrected chi connectivity index (χ1v) is 21.1. The standard InChI is InChI=1S/C59H36N2/c1-2-15-40(16-3-1)58-60-55(36-56(61-58)44-31-26-37-14-4-5-17-41(37)32-44)39-29-27-38(28-30-39)49-35-54-57(48-23-9-8-20-45(48)49)50-33-42-18-6-7-19-43(42)34-53(50)59(54)51-24-12-10-21-46(51)47-22-11-13-25-52(47)59/h1-36H. The maximum absolute atomic E-state index is 5.19. The van der Waals surface area contributed by atoms with Gasteiger partial charge in [0, 0.05) is 16.7 Å². The van der Waals surface area contributed by atoms with Gasteiger partial charge in [0.2, 0.25) is 0 Å². The van der Waals surface area contributed by atoms with Gasteiger partial charge in [0.25, 0.3) is 0 Å².